The fraction of sp³-hybridized carbons (Fsp3) is 0.391. The zero-order chi connectivity index (χ0) is 20.1. The van der Waals surface area contributed by atoms with Crippen molar-refractivity contribution in [3.63, 3.8) is 0 Å². The highest BCUT2D eigenvalue weighted by atomic mass is 35.5. The van der Waals surface area contributed by atoms with Gasteiger partial charge in [-0.05, 0) is 61.3 Å². The van der Waals surface area contributed by atoms with Crippen LogP contribution in [0.2, 0.25) is 5.02 Å². The molecule has 3 N–H and O–H groups in total. The standard InChI is InChI=1S/C23H29ClN4O.ClH/c24-19-3-1-4-20(15-19)28-12-10-27(11-13-28)9-2-14-29-21-5-6-23-22(16-21)18(7-8-25)17-26-23;/h1,3-6,15-17,26H,2,7-14,25H2;1H. The van der Waals surface area contributed by atoms with Crippen LogP contribution in [0.1, 0.15) is 12.0 Å². The number of anilines is 1. The lowest BCUT2D eigenvalue weighted by Crippen LogP contribution is -2.46. The first-order valence-corrected chi connectivity index (χ1v) is 10.8. The highest BCUT2D eigenvalue weighted by molar-refractivity contribution is 6.30. The minimum Gasteiger partial charge on any atom is -0.494 e. The third-order valence-electron chi connectivity index (χ3n) is 5.59. The summed E-state index contributed by atoms with van der Waals surface area (Å²) in [6.45, 7) is 6.67. The SMILES string of the molecule is Cl.NCCc1c[nH]c2ccc(OCCCN3CCN(c4cccc(Cl)c4)CC3)cc12. The number of fused-ring (bicyclic) bond motifs is 1. The summed E-state index contributed by atoms with van der Waals surface area (Å²) in [5.74, 6) is 0.932. The molecule has 0 saturated carbocycles. The smallest absolute Gasteiger partial charge is 0.120 e. The van der Waals surface area contributed by atoms with E-state index in [-0.39, 0.29) is 12.4 Å². The van der Waals surface area contributed by atoms with Crippen molar-refractivity contribution in [3.05, 3.63) is 59.2 Å². The van der Waals surface area contributed by atoms with Crippen molar-refractivity contribution >= 4 is 40.6 Å². The summed E-state index contributed by atoms with van der Waals surface area (Å²) >= 11 is 6.12. The lowest BCUT2D eigenvalue weighted by atomic mass is 10.1. The first kappa shape index (κ1) is 22.8. The van der Waals surface area contributed by atoms with Gasteiger partial charge in [-0.2, -0.15) is 0 Å². The Hall–Kier alpha value is -1.92. The molecular formula is C23H30Cl2N4O. The Bertz CT molecular complexity index is 938. The quantitative estimate of drug-likeness (QED) is 0.503. The van der Waals surface area contributed by atoms with E-state index in [9.17, 15) is 0 Å². The molecule has 2 heterocycles. The van der Waals surface area contributed by atoms with Crippen LogP contribution in [0.5, 0.6) is 5.75 Å². The fourth-order valence-corrected chi connectivity index (χ4v) is 4.17. The van der Waals surface area contributed by atoms with Gasteiger partial charge in [0.15, 0.2) is 0 Å². The number of aromatic amines is 1. The molecule has 7 heteroatoms. The van der Waals surface area contributed by atoms with Crippen molar-refractivity contribution in [2.75, 3.05) is 50.8 Å². The number of nitrogens with two attached hydrogens (primary N) is 1. The molecule has 2 aromatic carbocycles. The highest BCUT2D eigenvalue weighted by Gasteiger charge is 2.17. The van der Waals surface area contributed by atoms with Crippen LogP contribution >= 0.6 is 24.0 Å². The number of benzene rings is 2. The third kappa shape index (κ3) is 5.61. The molecule has 1 saturated heterocycles. The largest absolute Gasteiger partial charge is 0.494 e. The maximum Gasteiger partial charge on any atom is 0.120 e. The number of aromatic nitrogens is 1. The van der Waals surface area contributed by atoms with E-state index >= 15 is 0 Å². The van der Waals surface area contributed by atoms with Crippen LogP contribution < -0.4 is 15.4 Å². The first-order valence-electron chi connectivity index (χ1n) is 10.4. The van der Waals surface area contributed by atoms with E-state index in [0.29, 0.717) is 6.54 Å². The van der Waals surface area contributed by atoms with E-state index in [2.05, 4.69) is 33.0 Å². The number of ether oxygens (including phenoxy) is 1. The zero-order valence-electron chi connectivity index (χ0n) is 17.1. The van der Waals surface area contributed by atoms with Crippen molar-refractivity contribution < 1.29 is 4.74 Å². The van der Waals surface area contributed by atoms with Crippen LogP contribution in [0.15, 0.2) is 48.7 Å². The molecule has 3 aromatic rings. The molecule has 5 nitrogen and oxygen atoms in total. The van der Waals surface area contributed by atoms with E-state index in [4.69, 9.17) is 22.1 Å². The summed E-state index contributed by atoms with van der Waals surface area (Å²) in [6.07, 6.45) is 3.95. The Morgan fingerprint density at radius 3 is 2.67 bits per heavy atom. The topological polar surface area (TPSA) is 57.5 Å². The molecule has 1 aromatic heterocycles. The monoisotopic (exact) mass is 448 g/mol. The van der Waals surface area contributed by atoms with Crippen LogP contribution in [0.25, 0.3) is 10.9 Å². The van der Waals surface area contributed by atoms with Crippen molar-refractivity contribution in [3.8, 4) is 5.75 Å². The Labute approximate surface area is 189 Å². The fourth-order valence-electron chi connectivity index (χ4n) is 3.99. The number of rotatable bonds is 8. The van der Waals surface area contributed by atoms with Gasteiger partial charge in [-0.1, -0.05) is 17.7 Å². The number of nitrogens with zero attached hydrogens (tertiary/aromatic N) is 2. The predicted octanol–water partition coefficient (Wildman–Crippen LogP) is 4.34. The summed E-state index contributed by atoms with van der Waals surface area (Å²) in [7, 11) is 0. The summed E-state index contributed by atoms with van der Waals surface area (Å²) in [5.41, 5.74) is 9.32. The number of nitrogens with one attached hydrogen (secondary N) is 1. The van der Waals surface area contributed by atoms with Crippen LogP contribution in [0.3, 0.4) is 0 Å². The predicted molar refractivity (Wildman–Crippen MR) is 129 cm³/mol. The van der Waals surface area contributed by atoms with E-state index in [0.717, 1.165) is 68.5 Å². The Balaban J connectivity index is 0.00000256. The lowest BCUT2D eigenvalue weighted by Gasteiger charge is -2.36. The molecule has 0 amide bonds. The van der Waals surface area contributed by atoms with E-state index in [1.807, 2.05) is 30.5 Å². The second-order valence-electron chi connectivity index (χ2n) is 7.57. The van der Waals surface area contributed by atoms with Gasteiger partial charge in [0.25, 0.3) is 0 Å². The van der Waals surface area contributed by atoms with Crippen molar-refractivity contribution in [1.29, 1.82) is 0 Å². The summed E-state index contributed by atoms with van der Waals surface area (Å²) in [4.78, 5) is 8.22. The number of hydrogen-bond acceptors (Lipinski definition) is 4. The van der Waals surface area contributed by atoms with Crippen LogP contribution in [0.4, 0.5) is 5.69 Å². The average molecular weight is 449 g/mol. The van der Waals surface area contributed by atoms with Gasteiger partial charge < -0.3 is 20.4 Å². The molecule has 0 unspecified atom stereocenters. The minimum atomic E-state index is 0. The van der Waals surface area contributed by atoms with Crippen molar-refractivity contribution in [1.82, 2.24) is 9.88 Å². The molecule has 1 aliphatic rings. The first-order chi connectivity index (χ1) is 14.2. The summed E-state index contributed by atoms with van der Waals surface area (Å²) in [6, 6.07) is 14.4. The number of halogens is 2. The van der Waals surface area contributed by atoms with Crippen LogP contribution in [0, 0.1) is 0 Å². The maximum atomic E-state index is 6.12. The molecule has 162 valence electrons. The zero-order valence-corrected chi connectivity index (χ0v) is 18.7. The van der Waals surface area contributed by atoms with Crippen LogP contribution in [-0.4, -0.2) is 55.8 Å². The molecule has 0 aliphatic carbocycles. The highest BCUT2D eigenvalue weighted by Crippen LogP contribution is 2.24. The number of hydrogen-bond donors (Lipinski definition) is 2. The maximum absolute atomic E-state index is 6.12. The van der Waals surface area contributed by atoms with Crippen molar-refractivity contribution in [2.24, 2.45) is 5.73 Å². The number of H-pyrrole nitrogens is 1. The van der Waals surface area contributed by atoms with Gasteiger partial charge >= 0.3 is 0 Å². The summed E-state index contributed by atoms with van der Waals surface area (Å²) in [5, 5.41) is 2.01. The van der Waals surface area contributed by atoms with Gasteiger partial charge in [-0.3, -0.25) is 4.90 Å². The molecule has 1 aliphatic heterocycles. The molecule has 0 spiro atoms. The van der Waals surface area contributed by atoms with Crippen LogP contribution in [-0.2, 0) is 6.42 Å². The molecule has 1 fully saturated rings. The Kier molecular flexibility index (Phi) is 8.28. The second-order valence-corrected chi connectivity index (χ2v) is 8.01. The molecule has 4 rings (SSSR count). The minimum absolute atomic E-state index is 0. The van der Waals surface area contributed by atoms with Gasteiger partial charge in [0, 0.05) is 60.5 Å². The number of piperazine rings is 1. The lowest BCUT2D eigenvalue weighted by molar-refractivity contribution is 0.225. The third-order valence-corrected chi connectivity index (χ3v) is 5.82. The van der Waals surface area contributed by atoms with E-state index in [1.165, 1.54) is 16.6 Å². The molecular weight excluding hydrogens is 419 g/mol. The molecule has 0 bridgehead atoms. The second kappa shape index (κ2) is 10.9. The van der Waals surface area contributed by atoms with Gasteiger partial charge in [0.2, 0.25) is 0 Å². The molecule has 0 atom stereocenters. The van der Waals surface area contributed by atoms with E-state index in [1.54, 1.807) is 0 Å². The van der Waals surface area contributed by atoms with Crippen molar-refractivity contribution in [2.45, 2.75) is 12.8 Å². The Morgan fingerprint density at radius 1 is 1.07 bits per heavy atom. The van der Waals surface area contributed by atoms with E-state index < -0.39 is 0 Å². The van der Waals surface area contributed by atoms with Gasteiger partial charge in [0.05, 0.1) is 6.61 Å². The average Bonchev–Trinajstić information content (AvgIpc) is 3.14. The molecule has 0 radical (unpaired) electrons. The summed E-state index contributed by atoms with van der Waals surface area (Å²) < 4.78 is 6.01. The van der Waals surface area contributed by atoms with Gasteiger partial charge in [0.1, 0.15) is 5.75 Å². The van der Waals surface area contributed by atoms with Gasteiger partial charge in [-0.15, -0.1) is 12.4 Å². The molecule has 30 heavy (non-hydrogen) atoms. The van der Waals surface area contributed by atoms with Gasteiger partial charge in [-0.25, -0.2) is 0 Å². The Morgan fingerprint density at radius 2 is 1.90 bits per heavy atom. The normalized spacial score (nSPS) is 14.7.